The lowest BCUT2D eigenvalue weighted by Crippen LogP contribution is -2.37. The van der Waals surface area contributed by atoms with Crippen molar-refractivity contribution in [1.82, 2.24) is 20.9 Å². The molecule has 9 nitrogen and oxygen atoms in total. The zero-order chi connectivity index (χ0) is 24.7. The summed E-state index contributed by atoms with van der Waals surface area (Å²) in [6, 6.07) is 2.96. The molecule has 1 aromatic heterocycles. The fourth-order valence-electron chi connectivity index (χ4n) is 3.75. The van der Waals surface area contributed by atoms with Gasteiger partial charge in [-0.3, -0.25) is 14.5 Å². The fourth-order valence-corrected chi connectivity index (χ4v) is 5.24. The van der Waals surface area contributed by atoms with Crippen LogP contribution in [-0.2, 0) is 10.0 Å². The molecule has 13 heteroatoms. The lowest BCUT2D eigenvalue weighted by Gasteiger charge is -2.22. The van der Waals surface area contributed by atoms with Crippen LogP contribution in [0.25, 0.3) is 0 Å². The summed E-state index contributed by atoms with van der Waals surface area (Å²) < 4.78 is 57.6. The number of sulfonamides is 1. The smallest absolute Gasteiger partial charge is 0.265 e. The molecular formula is C22H19ClF2N6O3S. The van der Waals surface area contributed by atoms with Gasteiger partial charge in [0.05, 0.1) is 22.6 Å². The van der Waals surface area contributed by atoms with Gasteiger partial charge in [-0.25, -0.2) is 22.2 Å². The normalized spacial score (nSPS) is 18.9. The van der Waals surface area contributed by atoms with E-state index in [1.54, 1.807) is 0 Å². The van der Waals surface area contributed by atoms with E-state index in [1.807, 2.05) is 4.72 Å². The van der Waals surface area contributed by atoms with E-state index in [2.05, 4.69) is 25.9 Å². The summed E-state index contributed by atoms with van der Waals surface area (Å²) in [6.07, 6.45) is 6.71. The second kappa shape index (κ2) is 8.93. The molecule has 5 rings (SSSR count). The molecule has 3 aliphatic rings. The van der Waals surface area contributed by atoms with Gasteiger partial charge in [0.2, 0.25) is 5.78 Å². The van der Waals surface area contributed by atoms with E-state index >= 15 is 4.39 Å². The first-order valence-electron chi connectivity index (χ1n) is 10.6. The van der Waals surface area contributed by atoms with Crippen LogP contribution < -0.4 is 20.7 Å². The lowest BCUT2D eigenvalue weighted by atomic mass is 9.96. The molecule has 2 aliphatic heterocycles. The maximum atomic E-state index is 15.4. The number of hydrogen-bond acceptors (Lipinski definition) is 8. The van der Waals surface area contributed by atoms with Gasteiger partial charge in [-0.2, -0.15) is 0 Å². The Labute approximate surface area is 204 Å². The maximum Gasteiger partial charge on any atom is 0.265 e. The minimum Gasteiger partial charge on any atom is -0.371 e. The van der Waals surface area contributed by atoms with Gasteiger partial charge < -0.3 is 16.0 Å². The number of fused-ring (bicyclic) bond motifs is 1. The van der Waals surface area contributed by atoms with Crippen LogP contribution in [-0.4, -0.2) is 38.2 Å². The Morgan fingerprint density at radius 1 is 1.23 bits per heavy atom. The summed E-state index contributed by atoms with van der Waals surface area (Å²) in [5.41, 5.74) is -1.09. The topological polar surface area (TPSA) is 125 Å². The SMILES string of the molecule is O=C(C1=CNC2N=CNC(NCC3CC3)=C12)c1c(F)ccc(NS(=O)(=O)c2cnccc2Cl)c1F. The zero-order valence-electron chi connectivity index (χ0n) is 18.0. The number of aliphatic imine (C=N–C) groups is 1. The van der Waals surface area contributed by atoms with Crippen molar-refractivity contribution in [2.75, 3.05) is 11.3 Å². The van der Waals surface area contributed by atoms with Crippen molar-refractivity contribution in [3.05, 3.63) is 76.0 Å². The quantitative estimate of drug-likeness (QED) is 0.394. The fraction of sp³-hybridized carbons (Fsp3) is 0.227. The third-order valence-electron chi connectivity index (χ3n) is 5.75. The lowest BCUT2D eigenvalue weighted by molar-refractivity contribution is 0.102. The molecule has 1 aliphatic carbocycles. The van der Waals surface area contributed by atoms with E-state index in [9.17, 15) is 17.6 Å². The van der Waals surface area contributed by atoms with Crippen molar-refractivity contribution >= 4 is 39.4 Å². The Kier molecular flexibility index (Phi) is 5.93. The first-order chi connectivity index (χ1) is 16.8. The summed E-state index contributed by atoms with van der Waals surface area (Å²) >= 11 is 5.93. The number of pyridine rings is 1. The van der Waals surface area contributed by atoms with Crippen molar-refractivity contribution in [1.29, 1.82) is 0 Å². The summed E-state index contributed by atoms with van der Waals surface area (Å²) in [5.74, 6) is -2.41. The van der Waals surface area contributed by atoms with Gasteiger partial charge in [-0.1, -0.05) is 11.6 Å². The number of Topliss-reactive ketones (excluding diaryl/α,β-unsaturated/α-hetero) is 1. The Morgan fingerprint density at radius 3 is 2.77 bits per heavy atom. The van der Waals surface area contributed by atoms with Crippen molar-refractivity contribution in [3.8, 4) is 0 Å². The molecule has 1 aromatic carbocycles. The summed E-state index contributed by atoms with van der Waals surface area (Å²) in [4.78, 5) is 20.9. The molecule has 0 saturated heterocycles. The Hall–Kier alpha value is -3.51. The molecule has 3 heterocycles. The van der Waals surface area contributed by atoms with Gasteiger partial charge in [-0.05, 0) is 37.0 Å². The molecule has 0 radical (unpaired) electrons. The van der Waals surface area contributed by atoms with Crippen LogP contribution >= 0.6 is 11.6 Å². The minimum absolute atomic E-state index is 0.00533. The number of benzene rings is 1. The van der Waals surface area contributed by atoms with Crippen LogP contribution in [0.2, 0.25) is 5.02 Å². The molecule has 182 valence electrons. The van der Waals surface area contributed by atoms with Crippen LogP contribution in [0.3, 0.4) is 0 Å². The molecule has 1 atom stereocenters. The van der Waals surface area contributed by atoms with Crippen molar-refractivity contribution < 1.29 is 22.0 Å². The molecule has 1 unspecified atom stereocenters. The number of anilines is 1. The average Bonchev–Trinajstić information content (AvgIpc) is 3.55. The number of halogens is 3. The first kappa shape index (κ1) is 23.2. The number of rotatable bonds is 8. The standard InChI is InChI=1S/C22H19ClF2N6O3S/c23-13-5-6-26-9-16(13)35(33,34)31-15-4-3-14(24)18(19(15)25)20(32)12-8-28-22-17(12)21(29-10-30-22)27-7-11-1-2-11/h3-6,8-11,22,27-28,31H,1-2,7H2,(H,29,30). The minimum atomic E-state index is -4.37. The van der Waals surface area contributed by atoms with Crippen LogP contribution in [0, 0.1) is 17.6 Å². The molecule has 0 amide bonds. The van der Waals surface area contributed by atoms with Crippen LogP contribution in [0.1, 0.15) is 23.2 Å². The predicted molar refractivity (Wildman–Crippen MR) is 125 cm³/mol. The van der Waals surface area contributed by atoms with Gasteiger partial charge in [0.25, 0.3) is 10.0 Å². The van der Waals surface area contributed by atoms with Gasteiger partial charge in [-0.15, -0.1) is 0 Å². The van der Waals surface area contributed by atoms with E-state index in [0.717, 1.165) is 31.2 Å². The number of nitrogens with one attached hydrogen (secondary N) is 4. The van der Waals surface area contributed by atoms with Crippen LogP contribution in [0.4, 0.5) is 14.5 Å². The van der Waals surface area contributed by atoms with E-state index in [-0.39, 0.29) is 10.6 Å². The third-order valence-corrected chi connectivity index (χ3v) is 7.58. The van der Waals surface area contributed by atoms with Crippen LogP contribution in [0.15, 0.2) is 63.6 Å². The highest BCUT2D eigenvalue weighted by atomic mass is 35.5. The largest absolute Gasteiger partial charge is 0.371 e. The second-order valence-corrected chi connectivity index (χ2v) is 10.2. The number of carbonyl (C=O) groups excluding carboxylic acids is 1. The number of aromatic nitrogens is 1. The summed E-state index contributed by atoms with van der Waals surface area (Å²) in [5, 5.41) is 8.96. The Balaban J connectivity index is 1.48. The molecule has 0 spiro atoms. The number of carbonyl (C=O) groups is 1. The molecule has 2 aromatic rings. The van der Waals surface area contributed by atoms with E-state index < -0.39 is 49.8 Å². The summed E-state index contributed by atoms with van der Waals surface area (Å²) in [6.45, 7) is 0.685. The molecular weight excluding hydrogens is 502 g/mol. The molecule has 0 bridgehead atoms. The number of nitrogens with zero attached hydrogens (tertiary/aromatic N) is 2. The van der Waals surface area contributed by atoms with Gasteiger partial charge in [0.1, 0.15) is 22.7 Å². The van der Waals surface area contributed by atoms with E-state index in [1.165, 1.54) is 24.8 Å². The maximum absolute atomic E-state index is 15.4. The highest BCUT2D eigenvalue weighted by Gasteiger charge is 2.36. The Morgan fingerprint density at radius 2 is 2.03 bits per heavy atom. The Bertz CT molecular complexity index is 1420. The average molecular weight is 521 g/mol. The molecule has 35 heavy (non-hydrogen) atoms. The number of hydrogen-bond donors (Lipinski definition) is 4. The zero-order valence-corrected chi connectivity index (χ0v) is 19.6. The monoisotopic (exact) mass is 520 g/mol. The van der Waals surface area contributed by atoms with Gasteiger partial charge >= 0.3 is 0 Å². The number of ketones is 1. The van der Waals surface area contributed by atoms with Crippen LogP contribution in [0.5, 0.6) is 0 Å². The second-order valence-electron chi connectivity index (χ2n) is 8.19. The van der Waals surface area contributed by atoms with Gasteiger partial charge in [0, 0.05) is 36.3 Å². The molecule has 4 N–H and O–H groups in total. The van der Waals surface area contributed by atoms with Crippen molar-refractivity contribution in [3.63, 3.8) is 0 Å². The molecule has 1 fully saturated rings. The first-order valence-corrected chi connectivity index (χ1v) is 12.5. The highest BCUT2D eigenvalue weighted by Crippen LogP contribution is 2.33. The highest BCUT2D eigenvalue weighted by molar-refractivity contribution is 7.92. The van der Waals surface area contributed by atoms with E-state index in [4.69, 9.17) is 11.6 Å². The van der Waals surface area contributed by atoms with Crippen molar-refractivity contribution in [2.24, 2.45) is 10.9 Å². The third kappa shape index (κ3) is 4.46. The van der Waals surface area contributed by atoms with Crippen molar-refractivity contribution in [2.45, 2.75) is 23.9 Å². The predicted octanol–water partition coefficient (Wildman–Crippen LogP) is 2.65. The summed E-state index contributed by atoms with van der Waals surface area (Å²) in [7, 11) is -4.37. The molecule has 1 saturated carbocycles. The van der Waals surface area contributed by atoms with E-state index in [0.29, 0.717) is 23.9 Å². The van der Waals surface area contributed by atoms with Gasteiger partial charge in [0.15, 0.2) is 5.82 Å².